The van der Waals surface area contributed by atoms with E-state index in [0.29, 0.717) is 0 Å². The molecule has 0 saturated heterocycles. The van der Waals surface area contributed by atoms with Crippen molar-refractivity contribution in [3.05, 3.63) is 35.5 Å². The van der Waals surface area contributed by atoms with E-state index in [1.807, 2.05) is 6.07 Å². The maximum absolute atomic E-state index is 5.62. The largest absolute Gasteiger partial charge is 0.323 e. The molecule has 0 saturated carbocycles. The third-order valence-corrected chi connectivity index (χ3v) is 3.22. The van der Waals surface area contributed by atoms with E-state index in [9.17, 15) is 0 Å². The predicted molar refractivity (Wildman–Crippen MR) is 77.6 cm³/mol. The first-order chi connectivity index (χ1) is 8.47. The van der Waals surface area contributed by atoms with Crippen LogP contribution in [0.1, 0.15) is 39.0 Å². The van der Waals surface area contributed by atoms with Gasteiger partial charge in [0.25, 0.3) is 0 Å². The van der Waals surface area contributed by atoms with Crippen LogP contribution >= 0.6 is 0 Å². The van der Waals surface area contributed by atoms with Gasteiger partial charge in [-0.2, -0.15) is 0 Å². The molecule has 2 aromatic rings. The van der Waals surface area contributed by atoms with Crippen molar-refractivity contribution in [3.63, 3.8) is 0 Å². The number of rotatable bonds is 2. The summed E-state index contributed by atoms with van der Waals surface area (Å²) in [4.78, 5) is 4.77. The van der Waals surface area contributed by atoms with E-state index in [1.165, 1.54) is 5.56 Å². The van der Waals surface area contributed by atoms with E-state index in [0.717, 1.165) is 28.7 Å². The number of nitrogens with zero attached hydrogens (tertiary/aromatic N) is 1. The summed E-state index contributed by atoms with van der Waals surface area (Å²) in [5.74, 6) is 5.62. The molecular weight excluding hydrogens is 222 g/mol. The molecule has 1 aromatic carbocycles. The zero-order chi connectivity index (χ0) is 13.3. The second kappa shape index (κ2) is 4.58. The van der Waals surface area contributed by atoms with Gasteiger partial charge in [0.05, 0.1) is 11.2 Å². The highest BCUT2D eigenvalue weighted by Gasteiger charge is 2.18. The zero-order valence-corrected chi connectivity index (χ0v) is 11.5. The first kappa shape index (κ1) is 12.8. The first-order valence-electron chi connectivity index (χ1n) is 6.37. The van der Waals surface area contributed by atoms with Crippen LogP contribution in [0.25, 0.3) is 10.9 Å². The zero-order valence-electron chi connectivity index (χ0n) is 11.5. The Hall–Kier alpha value is -1.61. The molecular formula is C15H21N3. The fourth-order valence-electron chi connectivity index (χ4n) is 2.21. The highest BCUT2D eigenvalue weighted by Crippen LogP contribution is 2.32. The number of aryl methyl sites for hydroxylation is 1. The summed E-state index contributed by atoms with van der Waals surface area (Å²) in [6.45, 7) is 8.72. The number of hydrazine groups is 1. The van der Waals surface area contributed by atoms with Crippen LogP contribution in [0.4, 0.5) is 5.69 Å². The van der Waals surface area contributed by atoms with Gasteiger partial charge in [-0.15, -0.1) is 0 Å². The number of anilines is 1. The maximum atomic E-state index is 5.62. The molecule has 2 rings (SSSR count). The quantitative estimate of drug-likeness (QED) is 0.628. The lowest BCUT2D eigenvalue weighted by molar-refractivity contribution is 0.594. The Kier molecular flexibility index (Phi) is 3.26. The van der Waals surface area contributed by atoms with Gasteiger partial charge in [0.15, 0.2) is 0 Å². The standard InChI is InChI=1S/C15H21N3/c1-5-10-9-13(18-16)11-7-6-8-12(14(11)17-10)15(2,3)4/h6-9H,5,16H2,1-4H3,(H,17,18). The van der Waals surface area contributed by atoms with Crippen molar-refractivity contribution in [3.8, 4) is 0 Å². The monoisotopic (exact) mass is 243 g/mol. The molecule has 1 aromatic heterocycles. The Bertz CT molecular complexity index is 568. The van der Waals surface area contributed by atoms with Crippen LogP contribution in [-0.2, 0) is 11.8 Å². The molecule has 3 nitrogen and oxygen atoms in total. The molecule has 3 heteroatoms. The van der Waals surface area contributed by atoms with Crippen molar-refractivity contribution in [1.82, 2.24) is 4.98 Å². The topological polar surface area (TPSA) is 50.9 Å². The van der Waals surface area contributed by atoms with Gasteiger partial charge in [-0.3, -0.25) is 10.8 Å². The number of hydrogen-bond donors (Lipinski definition) is 2. The van der Waals surface area contributed by atoms with Crippen molar-refractivity contribution in [2.45, 2.75) is 39.5 Å². The number of nitrogens with two attached hydrogens (primary N) is 1. The average Bonchev–Trinajstić information content (AvgIpc) is 2.35. The molecule has 0 unspecified atom stereocenters. The number of fused-ring (bicyclic) bond motifs is 1. The van der Waals surface area contributed by atoms with Gasteiger partial charge in [0, 0.05) is 11.1 Å². The number of hydrogen-bond acceptors (Lipinski definition) is 3. The van der Waals surface area contributed by atoms with Crippen LogP contribution in [0.15, 0.2) is 24.3 Å². The Morgan fingerprint density at radius 3 is 2.56 bits per heavy atom. The van der Waals surface area contributed by atoms with Crippen molar-refractivity contribution in [2.75, 3.05) is 5.43 Å². The lowest BCUT2D eigenvalue weighted by atomic mass is 9.85. The average molecular weight is 243 g/mol. The van der Waals surface area contributed by atoms with Crippen LogP contribution in [0, 0.1) is 0 Å². The number of aromatic nitrogens is 1. The highest BCUT2D eigenvalue weighted by atomic mass is 15.2. The second-order valence-electron chi connectivity index (χ2n) is 5.61. The SMILES string of the molecule is CCc1cc(NN)c2cccc(C(C)(C)C)c2n1. The molecule has 0 spiro atoms. The Morgan fingerprint density at radius 1 is 1.28 bits per heavy atom. The number of nitrogens with one attached hydrogen (secondary N) is 1. The van der Waals surface area contributed by atoms with Crippen molar-refractivity contribution in [1.29, 1.82) is 0 Å². The molecule has 0 aliphatic heterocycles. The van der Waals surface area contributed by atoms with Crippen molar-refractivity contribution >= 4 is 16.6 Å². The van der Waals surface area contributed by atoms with Gasteiger partial charge in [-0.25, -0.2) is 0 Å². The summed E-state index contributed by atoms with van der Waals surface area (Å²) in [6.07, 6.45) is 0.906. The minimum Gasteiger partial charge on any atom is -0.323 e. The molecule has 0 fully saturated rings. The van der Waals surface area contributed by atoms with Crippen LogP contribution < -0.4 is 11.3 Å². The van der Waals surface area contributed by atoms with Crippen LogP contribution in [0.3, 0.4) is 0 Å². The number of pyridine rings is 1. The van der Waals surface area contributed by atoms with Crippen LogP contribution in [-0.4, -0.2) is 4.98 Å². The summed E-state index contributed by atoms with van der Waals surface area (Å²) < 4.78 is 0. The van der Waals surface area contributed by atoms with Crippen LogP contribution in [0.5, 0.6) is 0 Å². The first-order valence-corrected chi connectivity index (χ1v) is 6.37. The van der Waals surface area contributed by atoms with Gasteiger partial charge in [0.2, 0.25) is 0 Å². The smallest absolute Gasteiger partial charge is 0.0763 e. The van der Waals surface area contributed by atoms with Gasteiger partial charge >= 0.3 is 0 Å². The van der Waals surface area contributed by atoms with E-state index in [-0.39, 0.29) is 5.41 Å². The predicted octanol–water partition coefficient (Wildman–Crippen LogP) is 3.38. The lowest BCUT2D eigenvalue weighted by Crippen LogP contribution is -2.14. The Morgan fingerprint density at radius 2 is 2.00 bits per heavy atom. The van der Waals surface area contributed by atoms with E-state index in [1.54, 1.807) is 0 Å². The molecule has 0 radical (unpaired) electrons. The fraction of sp³-hybridized carbons (Fsp3) is 0.400. The van der Waals surface area contributed by atoms with Gasteiger partial charge in [0.1, 0.15) is 0 Å². The molecule has 18 heavy (non-hydrogen) atoms. The maximum Gasteiger partial charge on any atom is 0.0763 e. The van der Waals surface area contributed by atoms with Crippen molar-refractivity contribution in [2.24, 2.45) is 5.84 Å². The minimum absolute atomic E-state index is 0.0742. The fourth-order valence-corrected chi connectivity index (χ4v) is 2.21. The second-order valence-corrected chi connectivity index (χ2v) is 5.61. The van der Waals surface area contributed by atoms with Crippen LogP contribution in [0.2, 0.25) is 0 Å². The Balaban J connectivity index is 2.83. The van der Waals surface area contributed by atoms with Gasteiger partial charge in [-0.1, -0.05) is 45.9 Å². The molecule has 96 valence electrons. The molecule has 0 bridgehead atoms. The van der Waals surface area contributed by atoms with Gasteiger partial charge in [-0.05, 0) is 23.5 Å². The molecule has 3 N–H and O–H groups in total. The number of para-hydroxylation sites is 1. The molecule has 0 aliphatic rings. The Labute approximate surface area is 108 Å². The van der Waals surface area contributed by atoms with E-state index in [2.05, 4.69) is 51.3 Å². The minimum atomic E-state index is 0.0742. The lowest BCUT2D eigenvalue weighted by Gasteiger charge is -2.21. The highest BCUT2D eigenvalue weighted by molar-refractivity contribution is 5.93. The third-order valence-electron chi connectivity index (χ3n) is 3.22. The molecule has 1 heterocycles. The number of benzene rings is 1. The van der Waals surface area contributed by atoms with E-state index >= 15 is 0 Å². The van der Waals surface area contributed by atoms with E-state index < -0.39 is 0 Å². The van der Waals surface area contributed by atoms with Gasteiger partial charge < -0.3 is 5.43 Å². The molecule has 0 aliphatic carbocycles. The summed E-state index contributed by atoms with van der Waals surface area (Å²) in [7, 11) is 0. The summed E-state index contributed by atoms with van der Waals surface area (Å²) >= 11 is 0. The third kappa shape index (κ3) is 2.18. The number of nitrogen functional groups attached to an aromatic ring is 1. The molecule has 0 amide bonds. The summed E-state index contributed by atoms with van der Waals surface area (Å²) in [5.41, 5.74) is 7.18. The van der Waals surface area contributed by atoms with Crippen molar-refractivity contribution < 1.29 is 0 Å². The summed E-state index contributed by atoms with van der Waals surface area (Å²) in [6, 6.07) is 8.30. The molecule has 0 atom stereocenters. The van der Waals surface area contributed by atoms with E-state index in [4.69, 9.17) is 10.8 Å². The normalized spacial score (nSPS) is 11.8. The summed E-state index contributed by atoms with van der Waals surface area (Å²) in [5, 5.41) is 1.09.